The standard InChI is InChI=1S/C14H19N3O2S/c1-10-4-3-7-16(9-10)13(14(15)20)11-5-2-6-12(8-11)17(18)19/h2,5-6,8,10,13H,3-4,7,9H2,1H3,(H2,15,20). The first-order chi connectivity index (χ1) is 9.49. The maximum Gasteiger partial charge on any atom is 0.269 e. The molecule has 1 aliphatic heterocycles. The molecule has 1 saturated heterocycles. The van der Waals surface area contributed by atoms with Crippen molar-refractivity contribution in [2.75, 3.05) is 13.1 Å². The van der Waals surface area contributed by atoms with E-state index in [4.69, 9.17) is 18.0 Å². The highest BCUT2D eigenvalue weighted by Crippen LogP contribution is 2.29. The molecule has 0 aliphatic carbocycles. The summed E-state index contributed by atoms with van der Waals surface area (Å²) < 4.78 is 0. The Bertz CT molecular complexity index is 521. The van der Waals surface area contributed by atoms with Gasteiger partial charge >= 0.3 is 0 Å². The maximum atomic E-state index is 10.9. The van der Waals surface area contributed by atoms with E-state index in [0.717, 1.165) is 25.1 Å². The van der Waals surface area contributed by atoms with Gasteiger partial charge in [-0.05, 0) is 30.9 Å². The number of nitro benzene ring substituents is 1. The Morgan fingerprint density at radius 2 is 2.35 bits per heavy atom. The van der Waals surface area contributed by atoms with Crippen molar-refractivity contribution in [3.63, 3.8) is 0 Å². The molecule has 1 heterocycles. The second kappa shape index (κ2) is 6.28. The van der Waals surface area contributed by atoms with Crippen molar-refractivity contribution in [2.45, 2.75) is 25.8 Å². The molecule has 2 N–H and O–H groups in total. The van der Waals surface area contributed by atoms with Gasteiger partial charge < -0.3 is 5.73 Å². The van der Waals surface area contributed by atoms with Crippen molar-refractivity contribution in [1.82, 2.24) is 4.90 Å². The van der Waals surface area contributed by atoms with Gasteiger partial charge in [-0.1, -0.05) is 31.3 Å². The number of hydrogen-bond acceptors (Lipinski definition) is 4. The molecule has 6 heteroatoms. The molecule has 2 unspecified atom stereocenters. The van der Waals surface area contributed by atoms with E-state index in [1.807, 2.05) is 6.07 Å². The fourth-order valence-corrected chi connectivity index (χ4v) is 3.11. The molecule has 1 aromatic rings. The molecule has 1 aliphatic rings. The summed E-state index contributed by atoms with van der Waals surface area (Å²) >= 11 is 5.19. The fourth-order valence-electron chi connectivity index (χ4n) is 2.82. The van der Waals surface area contributed by atoms with E-state index in [-0.39, 0.29) is 16.7 Å². The highest BCUT2D eigenvalue weighted by Gasteiger charge is 2.28. The van der Waals surface area contributed by atoms with Crippen molar-refractivity contribution in [3.05, 3.63) is 39.9 Å². The lowest BCUT2D eigenvalue weighted by Crippen LogP contribution is -2.42. The van der Waals surface area contributed by atoms with Crippen molar-refractivity contribution in [3.8, 4) is 0 Å². The van der Waals surface area contributed by atoms with Gasteiger partial charge in [0, 0.05) is 18.7 Å². The number of piperidine rings is 1. The summed E-state index contributed by atoms with van der Waals surface area (Å²) in [6.07, 6.45) is 2.31. The van der Waals surface area contributed by atoms with E-state index in [0.29, 0.717) is 10.9 Å². The van der Waals surface area contributed by atoms with Crippen molar-refractivity contribution in [1.29, 1.82) is 0 Å². The molecule has 0 bridgehead atoms. The quantitative estimate of drug-likeness (QED) is 0.525. The van der Waals surface area contributed by atoms with Gasteiger partial charge in [-0.2, -0.15) is 0 Å². The SMILES string of the molecule is CC1CCCN(C(C(N)=S)c2cccc([N+](=O)[O-])c2)C1. The predicted octanol–water partition coefficient (Wildman–Crippen LogP) is 2.65. The van der Waals surface area contributed by atoms with Crippen LogP contribution >= 0.6 is 12.2 Å². The summed E-state index contributed by atoms with van der Waals surface area (Å²) in [5.41, 5.74) is 6.78. The van der Waals surface area contributed by atoms with Crippen molar-refractivity contribution < 1.29 is 4.92 Å². The van der Waals surface area contributed by atoms with E-state index < -0.39 is 0 Å². The number of nitrogens with zero attached hydrogens (tertiary/aromatic N) is 2. The van der Waals surface area contributed by atoms with Gasteiger partial charge in [0.05, 0.1) is 16.0 Å². The third-order valence-electron chi connectivity index (χ3n) is 3.72. The summed E-state index contributed by atoms with van der Waals surface area (Å²) in [5.74, 6) is 0.597. The molecule has 1 aromatic carbocycles. The minimum atomic E-state index is -0.390. The number of non-ortho nitro benzene ring substituents is 1. The molecule has 0 spiro atoms. The third kappa shape index (κ3) is 3.32. The summed E-state index contributed by atoms with van der Waals surface area (Å²) in [6, 6.07) is 6.39. The van der Waals surface area contributed by atoms with Crippen LogP contribution in [-0.4, -0.2) is 27.9 Å². The number of nitro groups is 1. The summed E-state index contributed by atoms with van der Waals surface area (Å²) in [7, 11) is 0. The van der Waals surface area contributed by atoms with Crippen LogP contribution in [0.3, 0.4) is 0 Å². The average Bonchev–Trinajstić information content (AvgIpc) is 2.39. The summed E-state index contributed by atoms with van der Waals surface area (Å²) in [5, 5.41) is 10.9. The van der Waals surface area contributed by atoms with Crippen LogP contribution in [-0.2, 0) is 0 Å². The zero-order valence-corrected chi connectivity index (χ0v) is 12.3. The van der Waals surface area contributed by atoms with Crippen LogP contribution in [0, 0.1) is 16.0 Å². The van der Waals surface area contributed by atoms with Crippen molar-refractivity contribution in [2.24, 2.45) is 11.7 Å². The molecule has 2 rings (SSSR count). The number of nitrogens with two attached hydrogens (primary N) is 1. The van der Waals surface area contributed by atoms with Gasteiger partial charge in [-0.25, -0.2) is 0 Å². The summed E-state index contributed by atoms with van der Waals surface area (Å²) in [4.78, 5) is 13.1. The van der Waals surface area contributed by atoms with Crippen LogP contribution in [0.1, 0.15) is 31.4 Å². The smallest absolute Gasteiger partial charge is 0.269 e. The van der Waals surface area contributed by atoms with Gasteiger partial charge in [0.15, 0.2) is 0 Å². The third-order valence-corrected chi connectivity index (χ3v) is 3.94. The van der Waals surface area contributed by atoms with Crippen LogP contribution in [0.25, 0.3) is 0 Å². The molecule has 20 heavy (non-hydrogen) atoms. The van der Waals surface area contributed by atoms with E-state index in [2.05, 4.69) is 11.8 Å². The molecule has 0 saturated carbocycles. The molecule has 108 valence electrons. The summed E-state index contributed by atoms with van der Waals surface area (Å²) in [6.45, 7) is 4.05. The van der Waals surface area contributed by atoms with Crippen LogP contribution < -0.4 is 5.73 Å². The zero-order chi connectivity index (χ0) is 14.7. The Morgan fingerprint density at radius 3 is 2.95 bits per heavy atom. The van der Waals surface area contributed by atoms with Gasteiger partial charge in [0.1, 0.15) is 0 Å². The molecular formula is C14H19N3O2S. The highest BCUT2D eigenvalue weighted by atomic mass is 32.1. The lowest BCUT2D eigenvalue weighted by Gasteiger charge is -2.36. The molecular weight excluding hydrogens is 274 g/mol. The van der Waals surface area contributed by atoms with Crippen LogP contribution in [0.5, 0.6) is 0 Å². The monoisotopic (exact) mass is 293 g/mol. The van der Waals surface area contributed by atoms with Gasteiger partial charge in [0.2, 0.25) is 0 Å². The molecule has 5 nitrogen and oxygen atoms in total. The van der Waals surface area contributed by atoms with Crippen LogP contribution in [0.15, 0.2) is 24.3 Å². The largest absolute Gasteiger partial charge is 0.392 e. The first-order valence-electron chi connectivity index (χ1n) is 6.76. The second-order valence-corrected chi connectivity index (χ2v) is 5.87. The first kappa shape index (κ1) is 14.9. The van der Waals surface area contributed by atoms with Gasteiger partial charge in [-0.3, -0.25) is 15.0 Å². The number of likely N-dealkylation sites (tertiary alicyclic amines) is 1. The average molecular weight is 293 g/mol. The number of thiocarbonyl (C=S) groups is 1. The topological polar surface area (TPSA) is 72.4 Å². The van der Waals surface area contributed by atoms with Gasteiger partial charge in [0.25, 0.3) is 5.69 Å². The van der Waals surface area contributed by atoms with Crippen molar-refractivity contribution >= 4 is 22.9 Å². The lowest BCUT2D eigenvalue weighted by molar-refractivity contribution is -0.384. The fraction of sp³-hybridized carbons (Fsp3) is 0.500. The van der Waals surface area contributed by atoms with Crippen LogP contribution in [0.2, 0.25) is 0 Å². The van der Waals surface area contributed by atoms with E-state index in [9.17, 15) is 10.1 Å². The Kier molecular flexibility index (Phi) is 4.67. The molecule has 0 aromatic heterocycles. The minimum Gasteiger partial charge on any atom is -0.392 e. The van der Waals surface area contributed by atoms with E-state index in [1.165, 1.54) is 12.5 Å². The van der Waals surface area contributed by atoms with E-state index in [1.54, 1.807) is 12.1 Å². The normalized spacial score (nSPS) is 21.4. The Hall–Kier alpha value is -1.53. The number of benzene rings is 1. The number of hydrogen-bond donors (Lipinski definition) is 1. The zero-order valence-electron chi connectivity index (χ0n) is 11.5. The molecule has 1 fully saturated rings. The number of rotatable bonds is 4. The Morgan fingerprint density at radius 1 is 1.60 bits per heavy atom. The predicted molar refractivity (Wildman–Crippen MR) is 82.6 cm³/mol. The minimum absolute atomic E-state index is 0.0776. The first-order valence-corrected chi connectivity index (χ1v) is 7.17. The van der Waals surface area contributed by atoms with E-state index >= 15 is 0 Å². The molecule has 2 atom stereocenters. The highest BCUT2D eigenvalue weighted by molar-refractivity contribution is 7.80. The van der Waals surface area contributed by atoms with Gasteiger partial charge in [-0.15, -0.1) is 0 Å². The molecule has 0 radical (unpaired) electrons. The Labute approximate surface area is 123 Å². The molecule has 0 amide bonds. The maximum absolute atomic E-state index is 10.9. The Balaban J connectivity index is 2.30. The van der Waals surface area contributed by atoms with Crippen LogP contribution in [0.4, 0.5) is 5.69 Å². The second-order valence-electron chi connectivity index (χ2n) is 5.40. The lowest BCUT2D eigenvalue weighted by atomic mass is 9.96.